The molecule has 2 atom stereocenters. The van der Waals surface area contributed by atoms with Crippen LogP contribution in [0.1, 0.15) is 20.3 Å². The maximum absolute atomic E-state index is 5.42. The van der Waals surface area contributed by atoms with Gasteiger partial charge in [-0.1, -0.05) is 44.9 Å². The van der Waals surface area contributed by atoms with Gasteiger partial charge in [-0.25, -0.2) is 0 Å². The molecule has 3 heteroatoms. The second-order valence-corrected chi connectivity index (χ2v) is 5.22. The Morgan fingerprint density at radius 2 is 1.86 bits per heavy atom. The van der Waals surface area contributed by atoms with Crippen LogP contribution in [-0.2, 0) is 9.47 Å². The third-order valence-corrected chi connectivity index (χ3v) is 3.48. The molecule has 0 aromatic rings. The molecule has 0 aliphatic carbocycles. The summed E-state index contributed by atoms with van der Waals surface area (Å²) in [4.78, 5) is 0. The maximum Gasteiger partial charge on any atom is 0.0700 e. The van der Waals surface area contributed by atoms with Crippen molar-refractivity contribution in [1.29, 1.82) is 0 Å². The summed E-state index contributed by atoms with van der Waals surface area (Å²) >= 11 is 0. The van der Waals surface area contributed by atoms with Crippen LogP contribution in [0.3, 0.4) is 0 Å². The van der Waals surface area contributed by atoms with Gasteiger partial charge in [0.25, 0.3) is 0 Å². The van der Waals surface area contributed by atoms with E-state index in [9.17, 15) is 0 Å². The number of hydrogen-bond donors (Lipinski definition) is 1. The summed E-state index contributed by atoms with van der Waals surface area (Å²) < 4.78 is 10.3. The summed E-state index contributed by atoms with van der Waals surface area (Å²) in [5.74, 6) is 0.546. The minimum atomic E-state index is 0.441. The van der Waals surface area contributed by atoms with Gasteiger partial charge in [0.1, 0.15) is 0 Å². The van der Waals surface area contributed by atoms with E-state index in [4.69, 9.17) is 9.47 Å². The van der Waals surface area contributed by atoms with Gasteiger partial charge in [-0.15, -0.1) is 0 Å². The summed E-state index contributed by atoms with van der Waals surface area (Å²) in [6.45, 7) is 18.8. The topological polar surface area (TPSA) is 30.5 Å². The van der Waals surface area contributed by atoms with Gasteiger partial charge in [0, 0.05) is 19.7 Å². The van der Waals surface area contributed by atoms with E-state index in [2.05, 4.69) is 45.0 Å². The van der Waals surface area contributed by atoms with Gasteiger partial charge in [0.2, 0.25) is 0 Å². The zero-order valence-electron chi connectivity index (χ0n) is 13.9. The van der Waals surface area contributed by atoms with Crippen molar-refractivity contribution < 1.29 is 9.47 Å². The van der Waals surface area contributed by atoms with Crippen LogP contribution in [0.5, 0.6) is 0 Å². The highest BCUT2D eigenvalue weighted by molar-refractivity contribution is 5.41. The van der Waals surface area contributed by atoms with Crippen molar-refractivity contribution in [1.82, 2.24) is 5.32 Å². The molecule has 0 aliphatic rings. The summed E-state index contributed by atoms with van der Waals surface area (Å²) in [5.41, 5.74) is 1.79. The molecule has 0 aliphatic heterocycles. The molecule has 0 bridgehead atoms. The minimum absolute atomic E-state index is 0.441. The first-order valence-corrected chi connectivity index (χ1v) is 7.50. The summed E-state index contributed by atoms with van der Waals surface area (Å²) in [5, 5.41) is 3.48. The number of methoxy groups -OCH3 is 1. The molecule has 120 valence electrons. The monoisotopic (exact) mass is 293 g/mol. The Hall–Kier alpha value is -1.16. The van der Waals surface area contributed by atoms with E-state index in [1.807, 2.05) is 6.08 Å². The van der Waals surface area contributed by atoms with Crippen molar-refractivity contribution in [3.8, 4) is 0 Å². The number of hydrogen-bond acceptors (Lipinski definition) is 3. The molecule has 1 N–H and O–H groups in total. The molecular formula is C18H31NO2. The Kier molecular flexibility index (Phi) is 11.9. The molecule has 0 saturated heterocycles. The Bertz CT molecular complexity index is 347. The van der Waals surface area contributed by atoms with Gasteiger partial charge >= 0.3 is 0 Å². The lowest BCUT2D eigenvalue weighted by Crippen LogP contribution is -2.34. The third-order valence-electron chi connectivity index (χ3n) is 3.48. The fourth-order valence-corrected chi connectivity index (χ4v) is 1.67. The van der Waals surface area contributed by atoms with Crippen LogP contribution >= 0.6 is 0 Å². The lowest BCUT2D eigenvalue weighted by Gasteiger charge is -2.20. The summed E-state index contributed by atoms with van der Waals surface area (Å²) in [6.07, 6.45) is 6.89. The van der Waals surface area contributed by atoms with E-state index in [0.29, 0.717) is 31.8 Å². The fourth-order valence-electron chi connectivity index (χ4n) is 1.67. The molecule has 0 rings (SSSR count). The molecule has 0 amide bonds. The first-order chi connectivity index (χ1) is 10.0. The molecule has 0 radical (unpaired) electrons. The van der Waals surface area contributed by atoms with Gasteiger partial charge in [0.15, 0.2) is 0 Å². The normalized spacial score (nSPS) is 14.0. The first-order valence-electron chi connectivity index (χ1n) is 7.50. The van der Waals surface area contributed by atoms with E-state index >= 15 is 0 Å². The molecule has 3 nitrogen and oxygen atoms in total. The predicted molar refractivity (Wildman–Crippen MR) is 91.6 cm³/mol. The zero-order valence-corrected chi connectivity index (χ0v) is 13.9. The van der Waals surface area contributed by atoms with Gasteiger partial charge in [-0.3, -0.25) is 0 Å². The highest BCUT2D eigenvalue weighted by atomic mass is 16.5. The highest BCUT2D eigenvalue weighted by Crippen LogP contribution is 2.12. The Morgan fingerprint density at radius 3 is 2.48 bits per heavy atom. The summed E-state index contributed by atoms with van der Waals surface area (Å²) in [6, 6.07) is 0.441. The van der Waals surface area contributed by atoms with Crippen molar-refractivity contribution in [2.45, 2.75) is 26.3 Å². The van der Waals surface area contributed by atoms with Gasteiger partial charge in [-0.05, 0) is 30.4 Å². The molecule has 0 saturated carbocycles. The quantitative estimate of drug-likeness (QED) is 0.416. The van der Waals surface area contributed by atoms with Gasteiger partial charge in [-0.2, -0.15) is 0 Å². The predicted octanol–water partition coefficient (Wildman–Crippen LogP) is 3.51. The zero-order chi connectivity index (χ0) is 16.1. The first kappa shape index (κ1) is 19.8. The Balaban J connectivity index is 3.81. The third kappa shape index (κ3) is 10.2. The molecule has 21 heavy (non-hydrogen) atoms. The van der Waals surface area contributed by atoms with Crippen molar-refractivity contribution in [2.75, 3.05) is 33.5 Å². The van der Waals surface area contributed by atoms with Gasteiger partial charge in [0.05, 0.1) is 19.8 Å². The molecular weight excluding hydrogens is 262 g/mol. The van der Waals surface area contributed by atoms with E-state index in [-0.39, 0.29) is 0 Å². The average molecular weight is 293 g/mol. The van der Waals surface area contributed by atoms with Crippen LogP contribution in [0.2, 0.25) is 0 Å². The van der Waals surface area contributed by atoms with Crippen LogP contribution in [0.4, 0.5) is 0 Å². The smallest absolute Gasteiger partial charge is 0.0700 e. The fraction of sp³-hybridized carbons (Fsp3) is 0.556. The second-order valence-electron chi connectivity index (χ2n) is 5.22. The summed E-state index contributed by atoms with van der Waals surface area (Å²) in [7, 11) is 1.68. The van der Waals surface area contributed by atoms with E-state index < -0.39 is 0 Å². The standard InChI is InChI=1S/C18H31NO2/c1-7-15(2)16(3)9-8-10-17(4)18(5)19-11-12-21-14-13-20-6/h7-9,17-19H,1-3,10-14H2,4-6H3/b9-8-/t17?,18-/m0/s1. The van der Waals surface area contributed by atoms with Crippen molar-refractivity contribution in [2.24, 2.45) is 5.92 Å². The molecule has 0 heterocycles. The molecule has 0 fully saturated rings. The maximum atomic E-state index is 5.42. The minimum Gasteiger partial charge on any atom is -0.382 e. The molecule has 0 spiro atoms. The number of nitrogens with one attached hydrogen (secondary N) is 1. The SMILES string of the molecule is C=CC(=C)C(=C)/C=C\CC(C)[C@H](C)NCCOCCOC. The number of ether oxygens (including phenoxy) is 2. The van der Waals surface area contributed by atoms with E-state index in [1.54, 1.807) is 13.2 Å². The lowest BCUT2D eigenvalue weighted by atomic mass is 9.98. The second kappa shape index (κ2) is 12.6. The lowest BCUT2D eigenvalue weighted by molar-refractivity contribution is 0.0706. The largest absolute Gasteiger partial charge is 0.382 e. The van der Waals surface area contributed by atoms with Gasteiger partial charge < -0.3 is 14.8 Å². The Morgan fingerprint density at radius 1 is 1.14 bits per heavy atom. The van der Waals surface area contributed by atoms with Crippen molar-refractivity contribution in [3.63, 3.8) is 0 Å². The van der Waals surface area contributed by atoms with E-state index in [1.165, 1.54) is 0 Å². The van der Waals surface area contributed by atoms with Crippen molar-refractivity contribution >= 4 is 0 Å². The molecule has 0 aromatic heterocycles. The van der Waals surface area contributed by atoms with Crippen LogP contribution in [0.15, 0.2) is 49.1 Å². The molecule has 0 aromatic carbocycles. The number of rotatable bonds is 13. The van der Waals surface area contributed by atoms with Crippen LogP contribution in [0.25, 0.3) is 0 Å². The van der Waals surface area contributed by atoms with Crippen LogP contribution < -0.4 is 5.32 Å². The van der Waals surface area contributed by atoms with Crippen molar-refractivity contribution in [3.05, 3.63) is 49.1 Å². The highest BCUT2D eigenvalue weighted by Gasteiger charge is 2.09. The van der Waals surface area contributed by atoms with E-state index in [0.717, 1.165) is 24.1 Å². The number of allylic oxidation sites excluding steroid dienone is 5. The van der Waals surface area contributed by atoms with Crippen LogP contribution in [0, 0.1) is 5.92 Å². The van der Waals surface area contributed by atoms with Crippen LogP contribution in [-0.4, -0.2) is 39.5 Å². The average Bonchev–Trinajstić information content (AvgIpc) is 2.49. The molecule has 1 unspecified atom stereocenters. The Labute approximate surface area is 130 Å².